The molecule has 73 heavy (non-hydrogen) atoms. The number of benzene rings is 10. The molecule has 350 valence electrons. The van der Waals surface area contributed by atoms with Crippen molar-refractivity contribution in [1.82, 2.24) is 4.57 Å². The van der Waals surface area contributed by atoms with Crippen LogP contribution in [0.15, 0.2) is 255 Å². The maximum Gasteiger partial charge on any atom is 0.0707 e. The van der Waals surface area contributed by atoms with Crippen molar-refractivity contribution in [2.75, 3.05) is 4.90 Å². The van der Waals surface area contributed by atoms with Gasteiger partial charge in [0.15, 0.2) is 0 Å². The predicted octanol–water partition coefficient (Wildman–Crippen LogP) is 18.0. The van der Waals surface area contributed by atoms with Crippen LogP contribution >= 0.6 is 0 Å². The van der Waals surface area contributed by atoms with E-state index in [2.05, 4.69) is 264 Å². The molecule has 0 unspecified atom stereocenters. The third-order valence-electron chi connectivity index (χ3n) is 18.1. The lowest BCUT2D eigenvalue weighted by Crippen LogP contribution is -2.59. The third kappa shape index (κ3) is 6.36. The standard InChI is InChI=1S/C71H56N2/c1-4-17-50(18-5-1)53-19-16-24-60(46-53)72(58-35-31-51(32-36-58)52-33-37-59(38-34-52)73-68-29-14-10-25-62(68)63-26-11-15-30-69(63)73)61-39-40-66-67(47-61)71(56-42-48-41-49(44-56)45-57(71)43-48)65-28-13-12-27-64(65)70(66,54-20-6-2-7-21-54)55-22-8-3-9-23-55/h1-40,46-49,56-57H,41-45H2. The van der Waals surface area contributed by atoms with Crippen LogP contribution in [0.1, 0.15) is 65.5 Å². The first kappa shape index (κ1) is 42.5. The van der Waals surface area contributed by atoms with Gasteiger partial charge in [0.2, 0.25) is 0 Å². The van der Waals surface area contributed by atoms with Crippen molar-refractivity contribution in [3.8, 4) is 27.9 Å². The van der Waals surface area contributed by atoms with Gasteiger partial charge in [-0.15, -0.1) is 0 Å². The molecule has 2 heteroatoms. The Bertz CT molecular complexity index is 3730. The van der Waals surface area contributed by atoms with Crippen molar-refractivity contribution in [3.05, 3.63) is 288 Å². The highest BCUT2D eigenvalue weighted by atomic mass is 15.1. The van der Waals surface area contributed by atoms with E-state index in [0.717, 1.165) is 28.9 Å². The number of hydrogen-bond acceptors (Lipinski definition) is 1. The van der Waals surface area contributed by atoms with Crippen LogP contribution in [0, 0.1) is 23.7 Å². The van der Waals surface area contributed by atoms with Crippen molar-refractivity contribution in [3.63, 3.8) is 0 Å². The van der Waals surface area contributed by atoms with E-state index >= 15 is 0 Å². The summed E-state index contributed by atoms with van der Waals surface area (Å²) in [7, 11) is 0. The predicted molar refractivity (Wildman–Crippen MR) is 302 cm³/mol. The molecular formula is C71H56N2. The van der Waals surface area contributed by atoms with Crippen molar-refractivity contribution in [2.24, 2.45) is 23.7 Å². The highest BCUT2D eigenvalue weighted by Crippen LogP contribution is 2.70. The monoisotopic (exact) mass is 936 g/mol. The minimum Gasteiger partial charge on any atom is -0.310 e. The lowest BCUT2D eigenvalue weighted by Gasteiger charge is -2.65. The summed E-state index contributed by atoms with van der Waals surface area (Å²) >= 11 is 0. The number of rotatable bonds is 8. The zero-order valence-corrected chi connectivity index (χ0v) is 41.0. The Morgan fingerprint density at radius 3 is 1.41 bits per heavy atom. The molecule has 1 heterocycles. The molecule has 10 aromatic carbocycles. The van der Waals surface area contributed by atoms with E-state index in [1.807, 2.05) is 0 Å². The van der Waals surface area contributed by atoms with Gasteiger partial charge in [0, 0.05) is 38.9 Å². The molecule has 0 radical (unpaired) electrons. The quantitative estimate of drug-likeness (QED) is 0.147. The van der Waals surface area contributed by atoms with Crippen molar-refractivity contribution in [2.45, 2.75) is 42.9 Å². The summed E-state index contributed by atoms with van der Waals surface area (Å²) < 4.78 is 2.40. The van der Waals surface area contributed by atoms with E-state index in [-0.39, 0.29) is 5.41 Å². The fraction of sp³-hybridized carbons (Fsp3) is 0.155. The maximum atomic E-state index is 2.69. The summed E-state index contributed by atoms with van der Waals surface area (Å²) in [5.41, 5.74) is 20.0. The smallest absolute Gasteiger partial charge is 0.0707 e. The van der Waals surface area contributed by atoms with Gasteiger partial charge in [-0.1, -0.05) is 194 Å². The molecule has 0 amide bonds. The highest BCUT2D eigenvalue weighted by Gasteiger charge is 2.63. The van der Waals surface area contributed by atoms with Crippen molar-refractivity contribution >= 4 is 38.9 Å². The van der Waals surface area contributed by atoms with Gasteiger partial charge < -0.3 is 9.47 Å². The first-order valence-electron chi connectivity index (χ1n) is 26.7. The zero-order valence-electron chi connectivity index (χ0n) is 41.0. The molecule has 1 spiro atoms. The molecule has 0 aliphatic heterocycles. The molecular weight excluding hydrogens is 881 g/mol. The molecule has 0 atom stereocenters. The Morgan fingerprint density at radius 2 is 0.795 bits per heavy atom. The number of para-hydroxylation sites is 2. The second-order valence-electron chi connectivity index (χ2n) is 21.6. The number of anilines is 3. The molecule has 0 saturated heterocycles. The van der Waals surface area contributed by atoms with Gasteiger partial charge in [0.1, 0.15) is 0 Å². The van der Waals surface area contributed by atoms with Crippen molar-refractivity contribution < 1.29 is 0 Å². The van der Waals surface area contributed by atoms with Crippen LogP contribution in [-0.2, 0) is 10.8 Å². The van der Waals surface area contributed by atoms with Gasteiger partial charge in [-0.05, 0) is 172 Å². The first-order chi connectivity index (χ1) is 36.2. The van der Waals surface area contributed by atoms with Gasteiger partial charge >= 0.3 is 0 Å². The number of nitrogens with zero attached hydrogens (tertiary/aromatic N) is 2. The lowest BCUT2D eigenvalue weighted by molar-refractivity contribution is -0.0440. The summed E-state index contributed by atoms with van der Waals surface area (Å²) in [5.74, 6) is 2.86. The highest BCUT2D eigenvalue weighted by molar-refractivity contribution is 6.09. The van der Waals surface area contributed by atoms with Crippen LogP contribution in [0.4, 0.5) is 17.1 Å². The van der Waals surface area contributed by atoms with E-state index in [9.17, 15) is 0 Å². The topological polar surface area (TPSA) is 8.17 Å². The molecule has 16 rings (SSSR count). The minimum absolute atomic E-state index is 0.0881. The molecule has 0 N–H and O–H groups in total. The fourth-order valence-corrected chi connectivity index (χ4v) is 15.5. The summed E-state index contributed by atoms with van der Waals surface area (Å²) in [6.45, 7) is 0. The van der Waals surface area contributed by atoms with Crippen LogP contribution in [0.5, 0.6) is 0 Å². The van der Waals surface area contributed by atoms with Crippen molar-refractivity contribution in [1.29, 1.82) is 0 Å². The summed E-state index contributed by atoms with van der Waals surface area (Å²) in [5, 5.41) is 2.56. The van der Waals surface area contributed by atoms with Gasteiger partial charge in [-0.3, -0.25) is 0 Å². The van der Waals surface area contributed by atoms with Crippen LogP contribution < -0.4 is 4.90 Å². The maximum absolute atomic E-state index is 2.69. The van der Waals surface area contributed by atoms with Gasteiger partial charge in [-0.25, -0.2) is 0 Å². The zero-order chi connectivity index (χ0) is 48.1. The average molecular weight is 937 g/mol. The molecule has 5 aliphatic carbocycles. The molecule has 1 aromatic heterocycles. The van der Waals surface area contributed by atoms with E-state index in [4.69, 9.17) is 0 Å². The van der Waals surface area contributed by atoms with E-state index in [0.29, 0.717) is 11.8 Å². The van der Waals surface area contributed by atoms with Crippen LogP contribution in [0.3, 0.4) is 0 Å². The lowest BCUT2D eigenvalue weighted by atomic mass is 9.38. The second kappa shape index (κ2) is 16.7. The molecule has 11 aromatic rings. The molecule has 4 bridgehead atoms. The van der Waals surface area contributed by atoms with Gasteiger partial charge in [0.25, 0.3) is 0 Å². The van der Waals surface area contributed by atoms with Crippen LogP contribution in [-0.4, -0.2) is 4.57 Å². The number of fused-ring (bicyclic) bond motifs is 5. The Hall–Kier alpha value is -8.20. The molecule has 5 aliphatic rings. The van der Waals surface area contributed by atoms with Crippen LogP contribution in [0.2, 0.25) is 0 Å². The van der Waals surface area contributed by atoms with Crippen LogP contribution in [0.25, 0.3) is 49.7 Å². The average Bonchev–Trinajstić information content (AvgIpc) is 3.80. The minimum atomic E-state index is -0.496. The van der Waals surface area contributed by atoms with Gasteiger partial charge in [0.05, 0.1) is 16.4 Å². The SMILES string of the molecule is c1ccc(-c2cccc(N(c3ccc(-c4ccc(-n5c6ccccc6c6ccccc65)cc4)cc3)c3ccc4c(c3)C3(c5ccccc5C4(c4ccccc4)c4ccccc4)C4CC5CC(C4)CC3C5)c2)cc1. The van der Waals surface area contributed by atoms with E-state index < -0.39 is 5.41 Å². The molecule has 2 nitrogen and oxygen atoms in total. The Kier molecular flexibility index (Phi) is 9.71. The summed E-state index contributed by atoms with van der Waals surface area (Å²) in [6.07, 6.45) is 6.69. The second-order valence-corrected chi connectivity index (χ2v) is 21.6. The Morgan fingerprint density at radius 1 is 0.329 bits per heavy atom. The van der Waals surface area contributed by atoms with Gasteiger partial charge in [-0.2, -0.15) is 0 Å². The summed E-state index contributed by atoms with van der Waals surface area (Å²) in [6, 6.07) is 96.3. The molecule has 4 saturated carbocycles. The Labute approximate surface area is 428 Å². The largest absolute Gasteiger partial charge is 0.310 e. The van der Waals surface area contributed by atoms with E-state index in [1.54, 1.807) is 5.56 Å². The first-order valence-corrected chi connectivity index (χ1v) is 26.7. The Balaban J connectivity index is 0.916. The molecule has 4 fully saturated rings. The number of aromatic nitrogens is 1. The van der Waals surface area contributed by atoms with E-state index in [1.165, 1.54) is 110 Å². The normalized spacial score (nSPS) is 21.0. The number of hydrogen-bond donors (Lipinski definition) is 0. The fourth-order valence-electron chi connectivity index (χ4n) is 15.5. The summed E-state index contributed by atoms with van der Waals surface area (Å²) in [4.78, 5) is 2.54. The third-order valence-corrected chi connectivity index (χ3v) is 18.1.